The molecule has 4 rings (SSSR count). The number of fused-ring (bicyclic) bond motifs is 1. The number of primary amides is 1. The van der Waals surface area contributed by atoms with Gasteiger partial charge in [0, 0.05) is 25.3 Å². The van der Waals surface area contributed by atoms with Gasteiger partial charge >= 0.3 is 12.0 Å². The number of nitrogens with one attached hydrogen (secondary N) is 3. The van der Waals surface area contributed by atoms with Gasteiger partial charge in [-0.3, -0.25) is 19.1 Å². The van der Waals surface area contributed by atoms with E-state index in [0.29, 0.717) is 25.8 Å². The van der Waals surface area contributed by atoms with Crippen molar-refractivity contribution in [3.8, 4) is 0 Å². The number of thiol groups is 1. The molecular formula is C39H68ClN5O7S. The predicted molar refractivity (Wildman–Crippen MR) is 217 cm³/mol. The maximum Gasteiger partial charge on any atom is 0.329 e. The van der Waals surface area contributed by atoms with Crippen LogP contribution in [0.1, 0.15) is 107 Å². The van der Waals surface area contributed by atoms with Crippen molar-refractivity contribution in [2.75, 3.05) is 19.0 Å². The number of ether oxygens (including phenoxy) is 1. The molecule has 1 saturated heterocycles. The van der Waals surface area contributed by atoms with Crippen molar-refractivity contribution in [1.29, 1.82) is 0 Å². The number of carbonyl (C=O) groups is 6. The monoisotopic (exact) mass is 785 g/mol. The van der Waals surface area contributed by atoms with Crippen molar-refractivity contribution < 1.29 is 33.5 Å². The molecule has 4 unspecified atom stereocenters. The van der Waals surface area contributed by atoms with Crippen LogP contribution in [0.25, 0.3) is 0 Å². The number of halogens is 1. The van der Waals surface area contributed by atoms with E-state index in [0.717, 1.165) is 24.0 Å². The number of carbonyl (C=O) groups excluding carboxylic acids is 6. The lowest BCUT2D eigenvalue weighted by atomic mass is 9.87. The first-order valence-electron chi connectivity index (χ1n) is 18.4. The summed E-state index contributed by atoms with van der Waals surface area (Å²) in [5.74, 6) is 2.17. The third-order valence-corrected chi connectivity index (χ3v) is 8.16. The fourth-order valence-electron chi connectivity index (χ4n) is 4.66. The molecule has 2 fully saturated rings. The molecule has 4 atom stereocenters. The number of amides is 4. The second-order valence-corrected chi connectivity index (χ2v) is 16.0. The molecule has 12 nitrogen and oxygen atoms in total. The minimum atomic E-state index is -0.879. The van der Waals surface area contributed by atoms with E-state index in [2.05, 4.69) is 61.6 Å². The maximum atomic E-state index is 12.9. The fraction of sp³-hybridized carbons (Fsp3) is 0.692. The molecule has 0 aromatic heterocycles. The molecule has 14 heteroatoms. The first-order valence-corrected chi connectivity index (χ1v) is 19.4. The van der Waals surface area contributed by atoms with Crippen LogP contribution in [0.3, 0.4) is 0 Å². The Bertz CT molecular complexity index is 1220. The lowest BCUT2D eigenvalue weighted by molar-refractivity contribution is -0.153. The summed E-state index contributed by atoms with van der Waals surface area (Å²) in [4.78, 5) is 69.4. The van der Waals surface area contributed by atoms with Crippen LogP contribution in [0.15, 0.2) is 24.3 Å². The molecule has 1 saturated carbocycles. The van der Waals surface area contributed by atoms with Gasteiger partial charge in [0.15, 0.2) is 0 Å². The zero-order chi connectivity index (χ0) is 41.3. The normalized spacial score (nSPS) is 18.0. The Kier molecular flexibility index (Phi) is 27.7. The van der Waals surface area contributed by atoms with E-state index in [-0.39, 0.29) is 42.7 Å². The molecule has 1 aromatic rings. The molecule has 304 valence electrons. The number of esters is 1. The van der Waals surface area contributed by atoms with E-state index in [1.165, 1.54) is 35.8 Å². The van der Waals surface area contributed by atoms with Crippen LogP contribution in [0, 0.1) is 23.2 Å². The highest BCUT2D eigenvalue weighted by molar-refractivity contribution is 7.78. The SMILES string of the molecule is CC(=O)C(C)NS.CC(C)C.CC1CC(C=O)N(C(=O)CNC(=O)NC(C(=O)OC2Cc3ccccc3C2)C(C)(C)C)C1.CC1CC1.CCCl.NC=O. The quantitative estimate of drug-likeness (QED) is 0.0970. The van der Waals surface area contributed by atoms with Crippen molar-refractivity contribution in [3.63, 3.8) is 0 Å². The van der Waals surface area contributed by atoms with Crippen LogP contribution < -0.4 is 21.1 Å². The molecular weight excluding hydrogens is 718 g/mol. The Labute approximate surface area is 329 Å². The molecule has 0 spiro atoms. The van der Waals surface area contributed by atoms with Gasteiger partial charge in [0.2, 0.25) is 12.3 Å². The predicted octanol–water partition coefficient (Wildman–Crippen LogP) is 5.67. The van der Waals surface area contributed by atoms with Gasteiger partial charge in [-0.1, -0.05) is 112 Å². The number of rotatable bonds is 8. The number of nitrogens with two attached hydrogens (primary N) is 1. The summed E-state index contributed by atoms with van der Waals surface area (Å²) < 4.78 is 8.24. The highest BCUT2D eigenvalue weighted by atomic mass is 35.5. The third kappa shape index (κ3) is 24.7. The van der Waals surface area contributed by atoms with Gasteiger partial charge in [-0.15, -0.1) is 11.6 Å². The summed E-state index contributed by atoms with van der Waals surface area (Å²) in [6.45, 7) is 21.7. The summed E-state index contributed by atoms with van der Waals surface area (Å²) in [6.07, 6.45) is 5.68. The number of Topliss-reactive ketones (excluding diaryl/α,β-unsaturated/α-hetero) is 1. The number of likely N-dealkylation sites (tertiary alicyclic amines) is 1. The number of urea groups is 1. The number of hydrogen-bond donors (Lipinski definition) is 5. The van der Waals surface area contributed by atoms with Crippen molar-refractivity contribution >= 4 is 60.8 Å². The topological polar surface area (TPSA) is 177 Å². The van der Waals surface area contributed by atoms with Gasteiger partial charge < -0.3 is 30.8 Å². The molecule has 2 aliphatic carbocycles. The van der Waals surface area contributed by atoms with Gasteiger partial charge in [-0.2, -0.15) is 0 Å². The minimum Gasteiger partial charge on any atom is -0.460 e. The summed E-state index contributed by atoms with van der Waals surface area (Å²) in [5, 5.41) is 5.19. The number of alkyl halides is 1. The molecule has 4 amide bonds. The van der Waals surface area contributed by atoms with Gasteiger partial charge in [0.05, 0.1) is 18.6 Å². The average Bonchev–Trinajstić information content (AvgIpc) is 3.59. The minimum absolute atomic E-state index is 0.106. The third-order valence-electron chi connectivity index (χ3n) is 7.77. The van der Waals surface area contributed by atoms with Crippen LogP contribution in [-0.2, 0) is 41.6 Å². The second kappa shape index (κ2) is 28.3. The number of hydrogen-bond acceptors (Lipinski definition) is 9. The lowest BCUT2D eigenvalue weighted by Crippen LogP contribution is -2.54. The van der Waals surface area contributed by atoms with E-state index in [1.54, 1.807) is 6.92 Å². The van der Waals surface area contributed by atoms with Crippen LogP contribution in [-0.4, -0.2) is 84.5 Å². The fourth-order valence-corrected chi connectivity index (χ4v) is 4.84. The second-order valence-electron chi connectivity index (χ2n) is 15.2. The number of benzene rings is 1. The molecule has 0 radical (unpaired) electrons. The summed E-state index contributed by atoms with van der Waals surface area (Å²) >= 11 is 8.68. The molecule has 0 bridgehead atoms. The summed E-state index contributed by atoms with van der Waals surface area (Å²) in [6, 6.07) is 5.92. The number of ketones is 1. The molecule has 1 heterocycles. The Morgan fingerprint density at radius 2 is 1.47 bits per heavy atom. The van der Waals surface area contributed by atoms with Crippen LogP contribution in [0.5, 0.6) is 0 Å². The summed E-state index contributed by atoms with van der Waals surface area (Å²) in [5.41, 5.74) is 5.93. The Morgan fingerprint density at radius 3 is 1.81 bits per heavy atom. The molecule has 1 aromatic carbocycles. The van der Waals surface area contributed by atoms with Crippen LogP contribution in [0.2, 0.25) is 0 Å². The number of aldehydes is 1. The van der Waals surface area contributed by atoms with E-state index in [9.17, 15) is 24.0 Å². The molecule has 5 N–H and O–H groups in total. The zero-order valence-corrected chi connectivity index (χ0v) is 35.5. The van der Waals surface area contributed by atoms with Crippen molar-refractivity contribution in [2.24, 2.45) is 28.9 Å². The van der Waals surface area contributed by atoms with Gasteiger partial charge in [-0.05, 0) is 54.6 Å². The Morgan fingerprint density at radius 1 is 1.02 bits per heavy atom. The van der Waals surface area contributed by atoms with E-state index in [4.69, 9.17) is 21.1 Å². The highest BCUT2D eigenvalue weighted by Crippen LogP contribution is 2.27. The number of nitrogens with zero attached hydrogens (tertiary/aromatic N) is 1. The maximum absolute atomic E-state index is 12.9. The largest absolute Gasteiger partial charge is 0.460 e. The van der Waals surface area contributed by atoms with E-state index >= 15 is 0 Å². The average molecular weight is 787 g/mol. The molecule has 53 heavy (non-hydrogen) atoms. The smallest absolute Gasteiger partial charge is 0.329 e. The Hall–Kier alpha value is -3.16. The van der Waals surface area contributed by atoms with Gasteiger partial charge in [-0.25, -0.2) is 9.59 Å². The standard InChI is InChI=1S/C24H33N3O5.C4H9NOS.C4H8.C4H10.C2H5Cl.CH3NO/c1-15-9-18(14-28)27(13-15)20(29)12-25-23(31)26-21(24(2,3)4)22(30)32-19-10-16-7-5-6-8-17(16)11-19;1-3(5-7)4(2)6;1-4-2-3-4;1-4(2)3;1-2-3;2-1-3/h5-8,14-15,18-19,21H,9-13H2,1-4H3,(H2,25,26,31);3,5,7H,1-2H3;4H,2-3H2,1H3;4H,1-3H3;2H2,1H3;1H,(H2,2,3). The van der Waals surface area contributed by atoms with Crippen molar-refractivity contribution in [1.82, 2.24) is 20.3 Å². The lowest BCUT2D eigenvalue weighted by Gasteiger charge is -2.30. The Balaban J connectivity index is 0. The van der Waals surface area contributed by atoms with Crippen molar-refractivity contribution in [2.45, 2.75) is 132 Å². The van der Waals surface area contributed by atoms with Crippen molar-refractivity contribution in [3.05, 3.63) is 35.4 Å². The first-order chi connectivity index (χ1) is 24.7. The van der Waals surface area contributed by atoms with Crippen LogP contribution >= 0.6 is 24.4 Å². The summed E-state index contributed by atoms with van der Waals surface area (Å²) in [7, 11) is 0. The molecule has 1 aliphatic heterocycles. The highest BCUT2D eigenvalue weighted by Gasteiger charge is 2.37. The van der Waals surface area contributed by atoms with E-state index < -0.39 is 29.5 Å². The van der Waals surface area contributed by atoms with Gasteiger partial charge in [0.1, 0.15) is 24.2 Å². The van der Waals surface area contributed by atoms with Gasteiger partial charge in [0.25, 0.3) is 0 Å². The zero-order valence-electron chi connectivity index (χ0n) is 33.9. The molecule has 3 aliphatic rings. The van der Waals surface area contributed by atoms with E-state index in [1.807, 2.05) is 58.9 Å². The van der Waals surface area contributed by atoms with Crippen LogP contribution in [0.4, 0.5) is 4.79 Å². The first kappa shape index (κ1) is 51.9.